The molecule has 2 atom stereocenters. The van der Waals surface area contributed by atoms with Crippen LogP contribution in [0, 0.1) is 5.92 Å². The molecule has 4 N–H and O–H groups in total. The first-order valence-corrected chi connectivity index (χ1v) is 8.50. The molecule has 1 heterocycles. The van der Waals surface area contributed by atoms with Crippen LogP contribution in [-0.2, 0) is 20.9 Å². The zero-order valence-corrected chi connectivity index (χ0v) is 14.6. The van der Waals surface area contributed by atoms with Gasteiger partial charge in [0.25, 0.3) is 0 Å². The molecule has 0 bridgehead atoms. The van der Waals surface area contributed by atoms with Crippen molar-refractivity contribution in [2.75, 3.05) is 32.7 Å². The predicted molar refractivity (Wildman–Crippen MR) is 93.5 cm³/mol. The van der Waals surface area contributed by atoms with Gasteiger partial charge in [-0.15, -0.1) is 0 Å². The van der Waals surface area contributed by atoms with E-state index in [-0.39, 0.29) is 31.6 Å². The molecule has 0 aromatic heterocycles. The number of ether oxygens (including phenoxy) is 1. The van der Waals surface area contributed by atoms with Crippen molar-refractivity contribution in [3.8, 4) is 0 Å². The van der Waals surface area contributed by atoms with E-state index in [1.807, 2.05) is 35.2 Å². The minimum atomic E-state index is -0.936. The van der Waals surface area contributed by atoms with E-state index in [1.54, 1.807) is 6.92 Å². The van der Waals surface area contributed by atoms with Crippen molar-refractivity contribution in [1.29, 1.82) is 0 Å². The Bertz CT molecular complexity index is 577. The van der Waals surface area contributed by atoms with Crippen LogP contribution < -0.4 is 11.1 Å². The molecule has 0 spiro atoms. The largest absolute Gasteiger partial charge is 0.460 e. The lowest BCUT2D eigenvalue weighted by Gasteiger charge is -2.42. The number of hydrogen-bond acceptors (Lipinski definition) is 6. The van der Waals surface area contributed by atoms with Crippen LogP contribution in [0.4, 0.5) is 0 Å². The van der Waals surface area contributed by atoms with Gasteiger partial charge in [0.05, 0.1) is 18.7 Å². The monoisotopic (exact) mass is 349 g/mol. The zero-order chi connectivity index (χ0) is 18.3. The molecule has 1 fully saturated rings. The number of amides is 1. The first-order valence-electron chi connectivity index (χ1n) is 8.50. The average molecular weight is 349 g/mol. The fourth-order valence-electron chi connectivity index (χ4n) is 3.13. The third-order valence-corrected chi connectivity index (χ3v) is 4.50. The highest BCUT2D eigenvalue weighted by Crippen LogP contribution is 2.26. The van der Waals surface area contributed by atoms with Crippen molar-refractivity contribution in [1.82, 2.24) is 10.2 Å². The van der Waals surface area contributed by atoms with Crippen LogP contribution in [-0.4, -0.2) is 60.2 Å². The second-order valence-corrected chi connectivity index (χ2v) is 6.80. The van der Waals surface area contributed by atoms with Crippen molar-refractivity contribution in [2.24, 2.45) is 11.7 Å². The summed E-state index contributed by atoms with van der Waals surface area (Å²) in [6.45, 7) is 3.86. The summed E-state index contributed by atoms with van der Waals surface area (Å²) in [6.07, 6.45) is 0.729. The Kier molecular flexibility index (Phi) is 6.92. The molecular formula is C18H27N3O4. The third kappa shape index (κ3) is 6.45. The summed E-state index contributed by atoms with van der Waals surface area (Å²) in [7, 11) is 0. The Labute approximate surface area is 148 Å². The number of benzene rings is 1. The number of nitrogens with zero attached hydrogens (tertiary/aromatic N) is 1. The number of nitrogens with two attached hydrogens (primary N) is 1. The summed E-state index contributed by atoms with van der Waals surface area (Å²) >= 11 is 0. The van der Waals surface area contributed by atoms with Crippen molar-refractivity contribution in [3.63, 3.8) is 0 Å². The van der Waals surface area contributed by atoms with Crippen molar-refractivity contribution < 1.29 is 19.4 Å². The van der Waals surface area contributed by atoms with Crippen molar-refractivity contribution >= 4 is 11.9 Å². The summed E-state index contributed by atoms with van der Waals surface area (Å²) in [6, 6.07) is 9.51. The number of primary amides is 1. The summed E-state index contributed by atoms with van der Waals surface area (Å²) < 4.78 is 5.21. The molecule has 1 amide bonds. The van der Waals surface area contributed by atoms with Gasteiger partial charge in [-0.2, -0.15) is 0 Å². The number of hydrogen-bond donors (Lipinski definition) is 3. The Morgan fingerprint density at radius 3 is 2.76 bits per heavy atom. The minimum absolute atomic E-state index is 0.00134. The quantitative estimate of drug-likeness (QED) is 0.565. The molecule has 7 heteroatoms. The highest BCUT2D eigenvalue weighted by molar-refractivity contribution is 5.75. The highest BCUT2D eigenvalue weighted by atomic mass is 16.5. The Morgan fingerprint density at radius 2 is 2.12 bits per heavy atom. The van der Waals surface area contributed by atoms with Gasteiger partial charge in [-0.3, -0.25) is 14.5 Å². The second-order valence-electron chi connectivity index (χ2n) is 6.80. The molecule has 1 saturated heterocycles. The molecule has 2 rings (SSSR count). The smallest absolute Gasteiger partial charge is 0.320 e. The molecule has 0 aliphatic carbocycles. The highest BCUT2D eigenvalue weighted by Gasteiger charge is 2.37. The Morgan fingerprint density at radius 1 is 1.40 bits per heavy atom. The van der Waals surface area contributed by atoms with Crippen LogP contribution in [0.1, 0.15) is 18.9 Å². The lowest BCUT2D eigenvalue weighted by molar-refractivity contribution is -0.144. The van der Waals surface area contributed by atoms with Crippen molar-refractivity contribution in [2.45, 2.75) is 25.6 Å². The van der Waals surface area contributed by atoms with Gasteiger partial charge in [-0.1, -0.05) is 30.3 Å². The number of nitrogens with one attached hydrogen (secondary N) is 1. The van der Waals surface area contributed by atoms with Gasteiger partial charge >= 0.3 is 5.97 Å². The summed E-state index contributed by atoms with van der Waals surface area (Å²) in [5.41, 5.74) is 5.21. The van der Waals surface area contributed by atoms with Crippen LogP contribution in [0.2, 0.25) is 0 Å². The average Bonchev–Trinajstić information content (AvgIpc) is 2.55. The van der Waals surface area contributed by atoms with Gasteiger partial charge in [0.2, 0.25) is 5.91 Å². The topological polar surface area (TPSA) is 105 Å². The fraction of sp³-hybridized carbons (Fsp3) is 0.556. The standard InChI is InChI=1S/C18H27N3O4/c1-18(24)13-21(11-16(19)22)8-7-15(18)9-20-10-17(23)25-12-14-5-3-2-4-6-14/h2-6,15,20,24H,7-13H2,1H3,(H2,19,22)/t15-,18-/m0/s1. The molecule has 1 aromatic carbocycles. The predicted octanol–water partition coefficient (Wildman–Crippen LogP) is -0.122. The number of carbonyl (C=O) groups excluding carboxylic acids is 2. The number of likely N-dealkylation sites (tertiary alicyclic amines) is 1. The van der Waals surface area contributed by atoms with Crippen LogP contribution in [0.3, 0.4) is 0 Å². The number of esters is 1. The molecule has 25 heavy (non-hydrogen) atoms. The van der Waals surface area contributed by atoms with Crippen LogP contribution >= 0.6 is 0 Å². The first kappa shape index (κ1) is 19.4. The molecule has 1 aromatic rings. The van der Waals surface area contributed by atoms with Crippen molar-refractivity contribution in [3.05, 3.63) is 35.9 Å². The number of carbonyl (C=O) groups is 2. The molecular weight excluding hydrogens is 322 g/mol. The number of aliphatic hydroxyl groups is 1. The number of rotatable bonds is 8. The van der Waals surface area contributed by atoms with Crippen LogP contribution in [0.15, 0.2) is 30.3 Å². The molecule has 1 aliphatic rings. The first-order chi connectivity index (χ1) is 11.9. The van der Waals surface area contributed by atoms with E-state index in [9.17, 15) is 14.7 Å². The van der Waals surface area contributed by atoms with E-state index >= 15 is 0 Å². The normalized spacial score (nSPS) is 24.0. The van der Waals surface area contributed by atoms with Gasteiger partial charge in [0.1, 0.15) is 6.61 Å². The molecule has 1 aliphatic heterocycles. The van der Waals surface area contributed by atoms with Gasteiger partial charge < -0.3 is 20.9 Å². The Balaban J connectivity index is 1.68. The molecule has 0 unspecified atom stereocenters. The van der Waals surface area contributed by atoms with E-state index in [0.717, 1.165) is 12.0 Å². The van der Waals surface area contributed by atoms with E-state index in [2.05, 4.69) is 5.32 Å². The maximum atomic E-state index is 11.8. The second kappa shape index (κ2) is 8.94. The Hall–Kier alpha value is -1.96. The van der Waals surface area contributed by atoms with E-state index in [1.165, 1.54) is 0 Å². The van der Waals surface area contributed by atoms with E-state index < -0.39 is 11.5 Å². The lowest BCUT2D eigenvalue weighted by Crippen LogP contribution is -2.56. The van der Waals surface area contributed by atoms with Gasteiger partial charge in [-0.25, -0.2) is 0 Å². The minimum Gasteiger partial charge on any atom is -0.460 e. The number of piperidine rings is 1. The summed E-state index contributed by atoms with van der Waals surface area (Å²) in [5.74, 6) is -0.721. The van der Waals surface area contributed by atoms with E-state index in [0.29, 0.717) is 19.6 Å². The molecule has 7 nitrogen and oxygen atoms in total. The van der Waals surface area contributed by atoms with E-state index in [4.69, 9.17) is 10.5 Å². The van der Waals surface area contributed by atoms with Gasteiger partial charge in [0.15, 0.2) is 0 Å². The number of β-amino-alcohol motifs (C(OH)–C–C–N with tert-alkyl or cyclic N) is 1. The third-order valence-electron chi connectivity index (χ3n) is 4.50. The summed E-state index contributed by atoms with van der Waals surface area (Å²) in [5, 5.41) is 13.6. The molecule has 138 valence electrons. The SMILES string of the molecule is C[C@]1(O)CN(CC(N)=O)CC[C@H]1CNCC(=O)OCc1ccccc1. The lowest BCUT2D eigenvalue weighted by atomic mass is 9.82. The van der Waals surface area contributed by atoms with Crippen LogP contribution in [0.25, 0.3) is 0 Å². The summed E-state index contributed by atoms with van der Waals surface area (Å²) in [4.78, 5) is 24.6. The van der Waals surface area contributed by atoms with Crippen LogP contribution in [0.5, 0.6) is 0 Å². The van der Waals surface area contributed by atoms with Gasteiger partial charge in [0, 0.05) is 19.0 Å². The molecule has 0 saturated carbocycles. The maximum Gasteiger partial charge on any atom is 0.320 e. The zero-order valence-electron chi connectivity index (χ0n) is 14.6. The maximum absolute atomic E-state index is 11.8. The molecule has 0 radical (unpaired) electrons. The fourth-order valence-corrected chi connectivity index (χ4v) is 3.13. The van der Waals surface area contributed by atoms with Gasteiger partial charge in [-0.05, 0) is 25.5 Å².